The van der Waals surface area contributed by atoms with Crippen LogP contribution >= 0.6 is 11.8 Å². The first kappa shape index (κ1) is 12.4. The minimum atomic E-state index is 0.139. The Kier molecular flexibility index (Phi) is 3.72. The first-order chi connectivity index (χ1) is 6.80. The lowest BCUT2D eigenvalue weighted by atomic mass is 9.87. The second kappa shape index (κ2) is 4.48. The highest BCUT2D eigenvalue weighted by molar-refractivity contribution is 8.00. The second-order valence-electron chi connectivity index (χ2n) is 5.10. The summed E-state index contributed by atoms with van der Waals surface area (Å²) in [5, 5.41) is 10.2. The van der Waals surface area contributed by atoms with Crippen molar-refractivity contribution in [2.75, 3.05) is 0 Å². The van der Waals surface area contributed by atoms with Crippen molar-refractivity contribution in [3.63, 3.8) is 0 Å². The molecule has 0 aromatic heterocycles. The van der Waals surface area contributed by atoms with Gasteiger partial charge in [-0.2, -0.15) is 0 Å². The van der Waals surface area contributed by atoms with E-state index < -0.39 is 0 Å². The summed E-state index contributed by atoms with van der Waals surface area (Å²) >= 11 is 1.71. The van der Waals surface area contributed by atoms with Crippen LogP contribution in [0.5, 0.6) is 5.75 Å². The van der Waals surface area contributed by atoms with Crippen LogP contribution in [0.3, 0.4) is 0 Å². The number of aromatic hydroxyl groups is 1. The number of phenolic OH excluding ortho intramolecular Hbond substituents is 1. The molecule has 0 unspecified atom stereocenters. The maximum absolute atomic E-state index is 9.73. The van der Waals surface area contributed by atoms with Gasteiger partial charge in [-0.15, -0.1) is 11.8 Å². The van der Waals surface area contributed by atoms with Crippen LogP contribution in [0, 0.1) is 0 Å². The molecule has 0 atom stereocenters. The SMILES string of the molecule is CC(C)Sc1cc(C(C)(C)C)ccc1O. The lowest BCUT2D eigenvalue weighted by Crippen LogP contribution is -2.10. The van der Waals surface area contributed by atoms with Crippen LogP contribution in [0.4, 0.5) is 0 Å². The molecule has 84 valence electrons. The summed E-state index contributed by atoms with van der Waals surface area (Å²) in [7, 11) is 0. The Morgan fingerprint density at radius 1 is 1.20 bits per heavy atom. The van der Waals surface area contributed by atoms with Crippen LogP contribution in [-0.2, 0) is 5.41 Å². The molecule has 2 heteroatoms. The summed E-state index contributed by atoms with van der Waals surface area (Å²) in [5.41, 5.74) is 1.41. The van der Waals surface area contributed by atoms with Gasteiger partial charge in [0.2, 0.25) is 0 Å². The van der Waals surface area contributed by atoms with Crippen LogP contribution < -0.4 is 0 Å². The van der Waals surface area contributed by atoms with E-state index in [1.165, 1.54) is 5.56 Å². The molecule has 0 aliphatic carbocycles. The Hall–Kier alpha value is -0.630. The van der Waals surface area contributed by atoms with Crippen molar-refractivity contribution >= 4 is 11.8 Å². The highest BCUT2D eigenvalue weighted by Crippen LogP contribution is 2.35. The number of thioether (sulfide) groups is 1. The minimum absolute atomic E-state index is 0.139. The topological polar surface area (TPSA) is 20.2 Å². The van der Waals surface area contributed by atoms with Gasteiger partial charge >= 0.3 is 0 Å². The number of hydrogen-bond acceptors (Lipinski definition) is 2. The van der Waals surface area contributed by atoms with Gasteiger partial charge in [-0.05, 0) is 23.1 Å². The van der Waals surface area contributed by atoms with Crippen molar-refractivity contribution in [1.29, 1.82) is 0 Å². The lowest BCUT2D eigenvalue weighted by Gasteiger charge is -2.20. The predicted molar refractivity (Wildman–Crippen MR) is 67.8 cm³/mol. The van der Waals surface area contributed by atoms with E-state index in [-0.39, 0.29) is 5.41 Å². The van der Waals surface area contributed by atoms with Gasteiger partial charge in [0.15, 0.2) is 0 Å². The molecule has 1 rings (SSSR count). The Labute approximate surface area is 96.9 Å². The van der Waals surface area contributed by atoms with Gasteiger partial charge in [0.05, 0.1) is 0 Å². The highest BCUT2D eigenvalue weighted by atomic mass is 32.2. The van der Waals surface area contributed by atoms with Crippen molar-refractivity contribution in [2.45, 2.75) is 50.2 Å². The smallest absolute Gasteiger partial charge is 0.129 e. The fourth-order valence-corrected chi connectivity index (χ4v) is 2.22. The van der Waals surface area contributed by atoms with Gasteiger partial charge in [-0.25, -0.2) is 0 Å². The summed E-state index contributed by atoms with van der Waals surface area (Å²) < 4.78 is 0. The van der Waals surface area contributed by atoms with Crippen molar-refractivity contribution in [2.24, 2.45) is 0 Å². The maximum Gasteiger partial charge on any atom is 0.129 e. The number of rotatable bonds is 2. The fraction of sp³-hybridized carbons (Fsp3) is 0.538. The molecule has 0 fully saturated rings. The molecule has 0 saturated heterocycles. The van der Waals surface area contributed by atoms with Gasteiger partial charge in [-0.3, -0.25) is 0 Å². The fourth-order valence-electron chi connectivity index (χ4n) is 1.33. The van der Waals surface area contributed by atoms with E-state index in [4.69, 9.17) is 0 Å². The van der Waals surface area contributed by atoms with E-state index in [2.05, 4.69) is 40.7 Å². The van der Waals surface area contributed by atoms with E-state index in [0.29, 0.717) is 11.0 Å². The Morgan fingerprint density at radius 3 is 2.27 bits per heavy atom. The molecule has 0 amide bonds. The minimum Gasteiger partial charge on any atom is -0.507 e. The zero-order valence-electron chi connectivity index (χ0n) is 10.2. The third-order valence-corrected chi connectivity index (χ3v) is 3.24. The molecule has 1 nitrogen and oxygen atoms in total. The van der Waals surface area contributed by atoms with Crippen LogP contribution in [0.25, 0.3) is 0 Å². The van der Waals surface area contributed by atoms with Crippen molar-refractivity contribution < 1.29 is 5.11 Å². The van der Waals surface area contributed by atoms with Gasteiger partial charge < -0.3 is 5.11 Å². The number of benzene rings is 1. The zero-order valence-corrected chi connectivity index (χ0v) is 11.0. The summed E-state index contributed by atoms with van der Waals surface area (Å²) in [6, 6.07) is 5.89. The van der Waals surface area contributed by atoms with Gasteiger partial charge in [0.1, 0.15) is 5.75 Å². The first-order valence-corrected chi connectivity index (χ1v) is 6.19. The molecular formula is C13H20OS. The molecule has 15 heavy (non-hydrogen) atoms. The standard InChI is InChI=1S/C13H20OS/c1-9(2)15-12-8-10(13(3,4)5)6-7-11(12)14/h6-9,14H,1-5H3. The molecule has 0 aliphatic heterocycles. The molecule has 0 spiro atoms. The monoisotopic (exact) mass is 224 g/mol. The summed E-state index contributed by atoms with van der Waals surface area (Å²) in [6.07, 6.45) is 0. The Bertz CT molecular complexity index is 337. The highest BCUT2D eigenvalue weighted by Gasteiger charge is 2.15. The van der Waals surface area contributed by atoms with E-state index in [9.17, 15) is 5.11 Å². The number of hydrogen-bond donors (Lipinski definition) is 1. The molecule has 1 aromatic carbocycles. The predicted octanol–water partition coefficient (Wildman–Crippen LogP) is 4.19. The molecule has 1 aromatic rings. The Balaban J connectivity index is 3.06. The maximum atomic E-state index is 9.73. The molecule has 0 bridgehead atoms. The van der Waals surface area contributed by atoms with E-state index in [1.807, 2.05) is 6.07 Å². The summed E-state index contributed by atoms with van der Waals surface area (Å²) in [6.45, 7) is 10.8. The number of phenols is 1. The second-order valence-corrected chi connectivity index (χ2v) is 6.72. The van der Waals surface area contributed by atoms with Crippen molar-refractivity contribution in [1.82, 2.24) is 0 Å². The van der Waals surface area contributed by atoms with Crippen LogP contribution in [0.15, 0.2) is 23.1 Å². The van der Waals surface area contributed by atoms with Crippen LogP contribution in [0.1, 0.15) is 40.2 Å². The Morgan fingerprint density at radius 2 is 1.80 bits per heavy atom. The molecule has 1 N–H and O–H groups in total. The molecule has 0 radical (unpaired) electrons. The van der Waals surface area contributed by atoms with E-state index in [0.717, 1.165) is 4.90 Å². The van der Waals surface area contributed by atoms with E-state index in [1.54, 1.807) is 17.8 Å². The van der Waals surface area contributed by atoms with Crippen molar-refractivity contribution in [3.8, 4) is 5.75 Å². The van der Waals surface area contributed by atoms with Crippen molar-refractivity contribution in [3.05, 3.63) is 23.8 Å². The third kappa shape index (κ3) is 3.45. The molecule has 0 saturated carbocycles. The average molecular weight is 224 g/mol. The van der Waals surface area contributed by atoms with Gasteiger partial charge in [0, 0.05) is 10.1 Å². The molecular weight excluding hydrogens is 204 g/mol. The largest absolute Gasteiger partial charge is 0.507 e. The van der Waals surface area contributed by atoms with Gasteiger partial charge in [0.25, 0.3) is 0 Å². The average Bonchev–Trinajstić information content (AvgIpc) is 2.06. The third-order valence-electron chi connectivity index (χ3n) is 2.19. The normalized spacial score (nSPS) is 12.1. The lowest BCUT2D eigenvalue weighted by molar-refractivity contribution is 0.460. The molecule has 0 heterocycles. The zero-order chi connectivity index (χ0) is 11.6. The van der Waals surface area contributed by atoms with Gasteiger partial charge in [-0.1, -0.05) is 40.7 Å². The summed E-state index contributed by atoms with van der Waals surface area (Å²) in [5.74, 6) is 0.390. The van der Waals surface area contributed by atoms with Crippen LogP contribution in [-0.4, -0.2) is 10.4 Å². The molecule has 0 aliphatic rings. The summed E-state index contributed by atoms with van der Waals surface area (Å²) in [4.78, 5) is 0.984. The quantitative estimate of drug-likeness (QED) is 0.760. The first-order valence-electron chi connectivity index (χ1n) is 5.31. The van der Waals surface area contributed by atoms with Crippen LogP contribution in [0.2, 0.25) is 0 Å². The van der Waals surface area contributed by atoms with E-state index >= 15 is 0 Å².